The molecule has 1 aromatic carbocycles. The number of benzene rings is 1. The Bertz CT molecular complexity index is 1420. The van der Waals surface area contributed by atoms with Crippen molar-refractivity contribution >= 4 is 56.8 Å². The number of hydrogen-bond donors (Lipinski definition) is 3. The third-order valence-corrected chi connectivity index (χ3v) is 7.69. The van der Waals surface area contributed by atoms with Crippen LogP contribution in [0.3, 0.4) is 0 Å². The van der Waals surface area contributed by atoms with Gasteiger partial charge in [-0.3, -0.25) is 4.79 Å². The van der Waals surface area contributed by atoms with Gasteiger partial charge in [0.1, 0.15) is 11.5 Å². The molecule has 0 atom stereocenters. The summed E-state index contributed by atoms with van der Waals surface area (Å²) in [4.78, 5) is 32.0. The average molecular weight is 555 g/mol. The van der Waals surface area contributed by atoms with Crippen LogP contribution in [-0.4, -0.2) is 63.0 Å². The highest BCUT2D eigenvalue weighted by Crippen LogP contribution is 2.33. The van der Waals surface area contributed by atoms with Gasteiger partial charge in [0, 0.05) is 44.0 Å². The van der Waals surface area contributed by atoms with Crippen LogP contribution in [0.15, 0.2) is 42.7 Å². The maximum Gasteiger partial charge on any atom is 0.255 e. The minimum atomic E-state index is -0.511. The van der Waals surface area contributed by atoms with Crippen LogP contribution in [0.25, 0.3) is 21.5 Å². The number of aromatic nitrogens is 4. The van der Waals surface area contributed by atoms with E-state index in [2.05, 4.69) is 35.9 Å². The highest BCUT2D eigenvalue weighted by Gasteiger charge is 2.19. The van der Waals surface area contributed by atoms with Gasteiger partial charge in [-0.15, -0.1) is 12.4 Å². The van der Waals surface area contributed by atoms with Gasteiger partial charge in [-0.25, -0.2) is 24.3 Å². The first-order valence-corrected chi connectivity index (χ1v) is 13.4. The molecule has 6 rings (SSSR count). The molecular formula is C26H28ClFN8OS. The first kappa shape index (κ1) is 26.2. The average Bonchev–Trinajstić information content (AvgIpc) is 3.59. The quantitative estimate of drug-likeness (QED) is 0.310. The largest absolute Gasteiger partial charge is 0.359 e. The zero-order valence-corrected chi connectivity index (χ0v) is 22.2. The summed E-state index contributed by atoms with van der Waals surface area (Å²) in [6.45, 7) is 2.93. The van der Waals surface area contributed by atoms with Gasteiger partial charge in [-0.2, -0.15) is 0 Å². The summed E-state index contributed by atoms with van der Waals surface area (Å²) in [5, 5.41) is 10.7. The fraction of sp³-hybridized carbons (Fsp3) is 0.346. The Hall–Kier alpha value is -3.41. The van der Waals surface area contributed by atoms with Gasteiger partial charge in [0.2, 0.25) is 5.95 Å². The summed E-state index contributed by atoms with van der Waals surface area (Å²) in [5.41, 5.74) is 2.24. The van der Waals surface area contributed by atoms with Gasteiger partial charge in [0.15, 0.2) is 10.9 Å². The number of nitrogens with one attached hydrogen (secondary N) is 3. The standard InChI is InChI=1S/C26H27FN8OS.ClH/c27-19-15-30-25(33-22-8-6-17(14-29-22)24(36)35-11-9-28-10-12-35)34-23(19)16-5-7-20-21(13-16)37-26(32-20)31-18-3-1-2-4-18;/h5-8,13-15,18,28H,1-4,9-12H2,(H,31,32)(H,29,30,33,34);1H. The minimum Gasteiger partial charge on any atom is -0.359 e. The highest BCUT2D eigenvalue weighted by atomic mass is 35.5. The molecular weight excluding hydrogens is 527 g/mol. The molecule has 198 valence electrons. The maximum absolute atomic E-state index is 14.7. The summed E-state index contributed by atoms with van der Waals surface area (Å²) in [5.74, 6) is 0.137. The first-order chi connectivity index (χ1) is 18.1. The van der Waals surface area contributed by atoms with E-state index < -0.39 is 5.82 Å². The van der Waals surface area contributed by atoms with Crippen LogP contribution < -0.4 is 16.0 Å². The highest BCUT2D eigenvalue weighted by molar-refractivity contribution is 7.22. The van der Waals surface area contributed by atoms with Crippen molar-refractivity contribution in [3.8, 4) is 11.3 Å². The van der Waals surface area contributed by atoms with Gasteiger partial charge in [-0.1, -0.05) is 30.2 Å². The van der Waals surface area contributed by atoms with Crippen LogP contribution in [0.1, 0.15) is 36.0 Å². The van der Waals surface area contributed by atoms with Crippen molar-refractivity contribution in [2.24, 2.45) is 0 Å². The monoisotopic (exact) mass is 554 g/mol. The predicted octanol–water partition coefficient (Wildman–Crippen LogP) is 4.85. The summed E-state index contributed by atoms with van der Waals surface area (Å²) >= 11 is 1.57. The number of carbonyl (C=O) groups is 1. The number of anilines is 3. The second kappa shape index (κ2) is 11.5. The Kier molecular flexibility index (Phi) is 7.96. The Morgan fingerprint density at radius 3 is 2.63 bits per heavy atom. The Morgan fingerprint density at radius 2 is 1.87 bits per heavy atom. The molecule has 0 unspecified atom stereocenters. The number of pyridine rings is 1. The number of fused-ring (bicyclic) bond motifs is 1. The third-order valence-electron chi connectivity index (χ3n) is 6.74. The van der Waals surface area contributed by atoms with Crippen molar-refractivity contribution in [2.45, 2.75) is 31.7 Å². The van der Waals surface area contributed by atoms with E-state index >= 15 is 0 Å². The van der Waals surface area contributed by atoms with Gasteiger partial charge in [0.25, 0.3) is 5.91 Å². The maximum atomic E-state index is 14.7. The summed E-state index contributed by atoms with van der Waals surface area (Å²) < 4.78 is 15.7. The predicted molar refractivity (Wildman–Crippen MR) is 150 cm³/mol. The molecule has 0 bridgehead atoms. The van der Waals surface area contributed by atoms with Crippen molar-refractivity contribution in [3.63, 3.8) is 0 Å². The van der Waals surface area contributed by atoms with Crippen LogP contribution in [0, 0.1) is 5.82 Å². The van der Waals surface area contributed by atoms with Gasteiger partial charge < -0.3 is 20.9 Å². The van der Waals surface area contributed by atoms with Crippen molar-refractivity contribution in [1.29, 1.82) is 0 Å². The summed E-state index contributed by atoms with van der Waals surface area (Å²) in [6.07, 6.45) is 7.54. The molecule has 1 aliphatic heterocycles. The fourth-order valence-corrected chi connectivity index (χ4v) is 5.75. The molecule has 12 heteroatoms. The van der Waals surface area contributed by atoms with Crippen LogP contribution >= 0.6 is 23.7 Å². The van der Waals surface area contributed by atoms with Gasteiger partial charge in [0.05, 0.1) is 22.0 Å². The van der Waals surface area contributed by atoms with Crippen LogP contribution in [0.4, 0.5) is 21.3 Å². The lowest BCUT2D eigenvalue weighted by Crippen LogP contribution is -2.46. The SMILES string of the molecule is Cl.O=C(c1ccc(Nc2ncc(F)c(-c3ccc4nc(NC5CCCC5)sc4c3)n2)nc1)N1CCNCC1. The topological polar surface area (TPSA) is 108 Å². The molecule has 3 N–H and O–H groups in total. The third kappa shape index (κ3) is 5.69. The molecule has 1 aliphatic carbocycles. The Morgan fingerprint density at radius 1 is 1.05 bits per heavy atom. The molecule has 1 saturated carbocycles. The summed E-state index contributed by atoms with van der Waals surface area (Å²) in [6, 6.07) is 9.53. The number of hydrogen-bond acceptors (Lipinski definition) is 9. The number of rotatable bonds is 6. The molecule has 2 fully saturated rings. The lowest BCUT2D eigenvalue weighted by atomic mass is 10.1. The van der Waals surface area contributed by atoms with Crippen LogP contribution in [0.2, 0.25) is 0 Å². The molecule has 4 aromatic rings. The molecule has 38 heavy (non-hydrogen) atoms. The molecule has 0 spiro atoms. The molecule has 4 heterocycles. The second-order valence-corrected chi connectivity index (χ2v) is 10.3. The number of halogens is 2. The molecule has 1 amide bonds. The number of nitrogens with zero attached hydrogens (tertiary/aromatic N) is 5. The van der Waals surface area contributed by atoms with Gasteiger partial charge >= 0.3 is 0 Å². The normalized spacial score (nSPS) is 15.9. The second-order valence-electron chi connectivity index (χ2n) is 9.32. The summed E-state index contributed by atoms with van der Waals surface area (Å²) in [7, 11) is 0. The van der Waals surface area contributed by atoms with E-state index in [4.69, 9.17) is 0 Å². The van der Waals surface area contributed by atoms with Gasteiger partial charge in [-0.05, 0) is 37.1 Å². The number of thiazole rings is 1. The Labute approximate surface area is 229 Å². The molecule has 0 radical (unpaired) electrons. The van der Waals surface area contributed by atoms with E-state index in [0.29, 0.717) is 36.1 Å². The lowest BCUT2D eigenvalue weighted by molar-refractivity contribution is 0.0735. The van der Waals surface area contributed by atoms with E-state index in [9.17, 15) is 9.18 Å². The van der Waals surface area contributed by atoms with E-state index in [1.807, 2.05) is 23.1 Å². The van der Waals surface area contributed by atoms with Crippen molar-refractivity contribution in [2.75, 3.05) is 36.8 Å². The van der Waals surface area contributed by atoms with Crippen molar-refractivity contribution in [1.82, 2.24) is 30.2 Å². The van der Waals surface area contributed by atoms with E-state index in [1.165, 1.54) is 31.9 Å². The van der Waals surface area contributed by atoms with Crippen molar-refractivity contribution in [3.05, 3.63) is 54.1 Å². The van der Waals surface area contributed by atoms with E-state index in [-0.39, 0.29) is 30.0 Å². The molecule has 1 saturated heterocycles. The molecule has 9 nitrogen and oxygen atoms in total. The minimum absolute atomic E-state index is 0. The van der Waals surface area contributed by atoms with E-state index in [0.717, 1.165) is 34.6 Å². The van der Waals surface area contributed by atoms with Crippen molar-refractivity contribution < 1.29 is 9.18 Å². The molecule has 2 aliphatic rings. The first-order valence-electron chi connectivity index (χ1n) is 12.6. The number of piperazine rings is 1. The number of carbonyl (C=O) groups excluding carboxylic acids is 1. The Balaban J connectivity index is 0.00000294. The zero-order chi connectivity index (χ0) is 25.2. The van der Waals surface area contributed by atoms with Crippen LogP contribution in [-0.2, 0) is 0 Å². The van der Waals surface area contributed by atoms with E-state index in [1.54, 1.807) is 23.5 Å². The fourth-order valence-electron chi connectivity index (χ4n) is 4.77. The smallest absolute Gasteiger partial charge is 0.255 e. The number of amides is 1. The molecule has 3 aromatic heterocycles. The van der Waals surface area contributed by atoms with Crippen LogP contribution in [0.5, 0.6) is 0 Å². The zero-order valence-electron chi connectivity index (χ0n) is 20.6. The lowest BCUT2D eigenvalue weighted by Gasteiger charge is -2.27.